The molecular formula is C22H25N3O3S. The van der Waals surface area contributed by atoms with E-state index in [1.807, 2.05) is 6.07 Å². The summed E-state index contributed by atoms with van der Waals surface area (Å²) in [6.07, 6.45) is 5.05. The molecule has 152 valence electrons. The Morgan fingerprint density at radius 2 is 1.97 bits per heavy atom. The highest BCUT2D eigenvalue weighted by molar-refractivity contribution is 7.91. The molecule has 29 heavy (non-hydrogen) atoms. The first-order valence-electron chi connectivity index (χ1n) is 10.3. The molecule has 0 atom stereocenters. The van der Waals surface area contributed by atoms with Gasteiger partial charge in [0.25, 0.3) is 5.56 Å². The zero-order valence-electron chi connectivity index (χ0n) is 16.7. The van der Waals surface area contributed by atoms with Crippen LogP contribution in [0.5, 0.6) is 0 Å². The molecule has 0 saturated heterocycles. The van der Waals surface area contributed by atoms with Gasteiger partial charge < -0.3 is 15.2 Å². The van der Waals surface area contributed by atoms with Crippen LogP contribution in [-0.4, -0.2) is 32.2 Å². The van der Waals surface area contributed by atoms with Gasteiger partial charge in [0.2, 0.25) is 0 Å². The van der Waals surface area contributed by atoms with Crippen LogP contribution in [0.3, 0.4) is 0 Å². The highest BCUT2D eigenvalue weighted by Gasteiger charge is 2.35. The third-order valence-electron chi connectivity index (χ3n) is 6.27. The van der Waals surface area contributed by atoms with Crippen LogP contribution in [-0.2, 0) is 9.84 Å². The van der Waals surface area contributed by atoms with Gasteiger partial charge in [0.15, 0.2) is 9.84 Å². The lowest BCUT2D eigenvalue weighted by Crippen LogP contribution is -2.26. The molecule has 0 unspecified atom stereocenters. The van der Waals surface area contributed by atoms with E-state index >= 15 is 0 Å². The summed E-state index contributed by atoms with van der Waals surface area (Å²) >= 11 is 0. The first-order chi connectivity index (χ1) is 13.9. The number of anilines is 2. The van der Waals surface area contributed by atoms with Crippen molar-refractivity contribution in [1.82, 2.24) is 4.98 Å². The van der Waals surface area contributed by atoms with E-state index in [1.54, 1.807) is 25.3 Å². The summed E-state index contributed by atoms with van der Waals surface area (Å²) in [5, 5.41) is 3.27. The van der Waals surface area contributed by atoms with E-state index in [0.29, 0.717) is 23.0 Å². The number of benzene rings is 1. The fourth-order valence-electron chi connectivity index (χ4n) is 4.54. The topological polar surface area (TPSA) is 82.3 Å². The smallest absolute Gasteiger partial charge is 0.271 e. The van der Waals surface area contributed by atoms with Gasteiger partial charge in [-0.15, -0.1) is 0 Å². The van der Waals surface area contributed by atoms with Crippen LogP contribution in [0.4, 0.5) is 11.4 Å². The fraction of sp³-hybridized carbons (Fsp3) is 0.409. The Balaban J connectivity index is 1.84. The number of allylic oxidation sites excluding steroid dienone is 1. The van der Waals surface area contributed by atoms with Crippen LogP contribution < -0.4 is 15.8 Å². The maximum atomic E-state index is 12.6. The molecule has 3 heterocycles. The van der Waals surface area contributed by atoms with Gasteiger partial charge in [-0.3, -0.25) is 4.79 Å². The van der Waals surface area contributed by atoms with Gasteiger partial charge in [0.05, 0.1) is 10.6 Å². The van der Waals surface area contributed by atoms with E-state index in [0.717, 1.165) is 40.9 Å². The van der Waals surface area contributed by atoms with Crippen molar-refractivity contribution in [2.45, 2.75) is 38.0 Å². The molecule has 0 radical (unpaired) electrons. The van der Waals surface area contributed by atoms with Gasteiger partial charge in [-0.25, -0.2) is 8.42 Å². The third-order valence-corrected chi connectivity index (χ3v) is 8.00. The highest BCUT2D eigenvalue weighted by atomic mass is 32.2. The fourth-order valence-corrected chi connectivity index (χ4v) is 5.45. The highest BCUT2D eigenvalue weighted by Crippen LogP contribution is 2.48. The van der Waals surface area contributed by atoms with Crippen molar-refractivity contribution >= 4 is 26.8 Å². The van der Waals surface area contributed by atoms with Crippen LogP contribution in [0.25, 0.3) is 16.7 Å². The minimum Gasteiger partial charge on any atom is -0.376 e. The summed E-state index contributed by atoms with van der Waals surface area (Å²) in [7, 11) is -3.33. The predicted octanol–water partition coefficient (Wildman–Crippen LogP) is 3.61. The molecule has 1 aromatic heterocycles. The largest absolute Gasteiger partial charge is 0.376 e. The van der Waals surface area contributed by atoms with Crippen LogP contribution in [0.2, 0.25) is 0 Å². The minimum absolute atomic E-state index is 0.0621. The van der Waals surface area contributed by atoms with E-state index in [9.17, 15) is 13.2 Å². The molecule has 5 rings (SSSR count). The lowest BCUT2D eigenvalue weighted by atomic mass is 9.97. The first kappa shape index (κ1) is 18.5. The first-order valence-corrected chi connectivity index (χ1v) is 12.0. The van der Waals surface area contributed by atoms with E-state index in [1.165, 1.54) is 18.5 Å². The van der Waals surface area contributed by atoms with Gasteiger partial charge in [0.1, 0.15) is 5.69 Å². The maximum absolute atomic E-state index is 12.6. The third kappa shape index (κ3) is 2.82. The monoisotopic (exact) mass is 411 g/mol. The van der Waals surface area contributed by atoms with Crippen LogP contribution >= 0.6 is 0 Å². The summed E-state index contributed by atoms with van der Waals surface area (Å²) in [5.74, 6) is 0.729. The van der Waals surface area contributed by atoms with Gasteiger partial charge in [0, 0.05) is 52.9 Å². The Morgan fingerprint density at radius 3 is 2.66 bits per heavy atom. The summed E-state index contributed by atoms with van der Waals surface area (Å²) < 4.78 is 25.2. The van der Waals surface area contributed by atoms with Crippen molar-refractivity contribution in [3.8, 4) is 11.1 Å². The number of hydrogen-bond donors (Lipinski definition) is 2. The van der Waals surface area contributed by atoms with Gasteiger partial charge >= 0.3 is 0 Å². The minimum atomic E-state index is -3.33. The second kappa shape index (κ2) is 6.49. The van der Waals surface area contributed by atoms with Crippen molar-refractivity contribution in [1.29, 1.82) is 0 Å². The molecule has 6 nitrogen and oxygen atoms in total. The predicted molar refractivity (Wildman–Crippen MR) is 116 cm³/mol. The number of aromatic amines is 1. The summed E-state index contributed by atoms with van der Waals surface area (Å²) in [5.41, 5.74) is 6.55. The molecule has 0 spiro atoms. The lowest BCUT2D eigenvalue weighted by Gasteiger charge is -2.29. The Kier molecular flexibility index (Phi) is 4.13. The number of rotatable bonds is 5. The average Bonchev–Trinajstić information content (AvgIpc) is 3.45. The zero-order chi connectivity index (χ0) is 20.3. The van der Waals surface area contributed by atoms with Crippen molar-refractivity contribution in [3.05, 3.63) is 46.0 Å². The molecule has 1 aliphatic carbocycles. The van der Waals surface area contributed by atoms with E-state index in [4.69, 9.17) is 0 Å². The maximum Gasteiger partial charge on any atom is 0.271 e. The summed E-state index contributed by atoms with van der Waals surface area (Å²) in [6, 6.07) is 5.46. The second-order valence-electron chi connectivity index (χ2n) is 8.05. The van der Waals surface area contributed by atoms with Crippen molar-refractivity contribution in [2.24, 2.45) is 5.92 Å². The normalized spacial score (nSPS) is 17.7. The molecule has 0 amide bonds. The summed E-state index contributed by atoms with van der Waals surface area (Å²) in [4.78, 5) is 18.0. The van der Waals surface area contributed by atoms with Crippen molar-refractivity contribution < 1.29 is 8.42 Å². The molecule has 1 fully saturated rings. The van der Waals surface area contributed by atoms with Gasteiger partial charge in [-0.2, -0.15) is 0 Å². The van der Waals surface area contributed by atoms with Gasteiger partial charge in [-0.05, 0) is 43.4 Å². The van der Waals surface area contributed by atoms with E-state index in [-0.39, 0.29) is 11.3 Å². The standard InChI is InChI=1S/C22H25N3O3S/c1-3-18-17-11-23-21-20(17)16(10-24-22(21)26)15-9-14(29(27,28)4-2)7-8-19(15)25(18)12-13-5-6-13/h7-10,13,23H,3-6,11-12H2,1-2H3,(H,24,26). The molecule has 7 heteroatoms. The number of nitrogens with one attached hydrogen (secondary N) is 2. The van der Waals surface area contributed by atoms with Crippen LogP contribution in [0.1, 0.15) is 38.7 Å². The molecule has 1 saturated carbocycles. The molecular weight excluding hydrogens is 386 g/mol. The van der Waals surface area contributed by atoms with Crippen molar-refractivity contribution in [2.75, 3.05) is 29.1 Å². The van der Waals surface area contributed by atoms with E-state index in [2.05, 4.69) is 22.1 Å². The zero-order valence-corrected chi connectivity index (χ0v) is 17.5. The number of fused-ring (bicyclic) bond motifs is 2. The van der Waals surface area contributed by atoms with E-state index < -0.39 is 9.84 Å². The van der Waals surface area contributed by atoms with Gasteiger partial charge in [-0.1, -0.05) is 13.8 Å². The molecule has 2 aromatic rings. The Labute approximate surface area is 170 Å². The van der Waals surface area contributed by atoms with Crippen LogP contribution in [0, 0.1) is 5.92 Å². The second-order valence-corrected chi connectivity index (χ2v) is 10.3. The number of pyridine rings is 1. The number of H-pyrrole nitrogens is 1. The Bertz CT molecular complexity index is 1210. The SMILES string of the molecule is CCC1=C2CNc3c2c(c[nH]c3=O)-c2cc(S(=O)(=O)CC)ccc2N1CC1CC1. The number of nitrogens with zero attached hydrogens (tertiary/aromatic N) is 1. The summed E-state index contributed by atoms with van der Waals surface area (Å²) in [6.45, 7) is 5.36. The molecule has 0 bridgehead atoms. The quantitative estimate of drug-likeness (QED) is 0.785. The Hall–Kier alpha value is -2.54. The number of aromatic nitrogens is 1. The number of hydrogen-bond acceptors (Lipinski definition) is 5. The molecule has 3 aliphatic rings. The molecule has 2 aliphatic heterocycles. The molecule has 2 N–H and O–H groups in total. The average molecular weight is 412 g/mol. The number of sulfone groups is 1. The van der Waals surface area contributed by atoms with Crippen LogP contribution in [0.15, 0.2) is 39.8 Å². The lowest BCUT2D eigenvalue weighted by molar-refractivity contribution is 0.597. The van der Waals surface area contributed by atoms with Crippen molar-refractivity contribution in [3.63, 3.8) is 0 Å². The Morgan fingerprint density at radius 1 is 1.17 bits per heavy atom. The molecule has 1 aromatic carbocycles.